The highest BCUT2D eigenvalue weighted by Gasteiger charge is 2.27. The fourth-order valence-corrected chi connectivity index (χ4v) is 2.14. The fourth-order valence-electron chi connectivity index (χ4n) is 2.14. The van der Waals surface area contributed by atoms with Crippen LogP contribution in [0.1, 0.15) is 23.7 Å². The molecule has 0 saturated carbocycles. The summed E-state index contributed by atoms with van der Waals surface area (Å²) in [6.45, 7) is 1.96. The Hall–Kier alpha value is -2.37. The molecule has 1 fully saturated rings. The van der Waals surface area contributed by atoms with Crippen LogP contribution in [0, 0.1) is 0 Å². The van der Waals surface area contributed by atoms with Gasteiger partial charge in [-0.05, 0) is 24.3 Å². The summed E-state index contributed by atoms with van der Waals surface area (Å²) in [5.74, 6) is -0.335. The molecule has 6 nitrogen and oxygen atoms in total. The largest absolute Gasteiger partial charge is 0.347 e. The molecule has 2 N–H and O–H groups in total. The lowest BCUT2D eigenvalue weighted by Crippen LogP contribution is -2.36. The van der Waals surface area contributed by atoms with Crippen LogP contribution in [0.2, 0.25) is 0 Å². The number of nitrogens with one attached hydrogen (secondary N) is 2. The molecule has 1 atom stereocenters. The molecule has 6 heteroatoms. The number of benzene rings is 1. The highest BCUT2D eigenvalue weighted by atomic mass is 16.2. The number of carbonyl (C=O) groups excluding carboxylic acids is 3. The van der Waals surface area contributed by atoms with E-state index in [9.17, 15) is 14.4 Å². The first-order chi connectivity index (χ1) is 9.45. The molecule has 3 amide bonds. The monoisotopic (exact) mass is 275 g/mol. The molecule has 2 rings (SSSR count). The van der Waals surface area contributed by atoms with Gasteiger partial charge in [-0.15, -0.1) is 0 Å². The van der Waals surface area contributed by atoms with Crippen molar-refractivity contribution in [3.8, 4) is 0 Å². The van der Waals surface area contributed by atoms with Crippen molar-refractivity contribution < 1.29 is 14.4 Å². The van der Waals surface area contributed by atoms with Crippen molar-refractivity contribution >= 4 is 23.4 Å². The van der Waals surface area contributed by atoms with Crippen molar-refractivity contribution in [3.05, 3.63) is 29.8 Å². The molecule has 0 aromatic heterocycles. The van der Waals surface area contributed by atoms with Gasteiger partial charge in [0.05, 0.1) is 6.04 Å². The van der Waals surface area contributed by atoms with Gasteiger partial charge in [-0.25, -0.2) is 0 Å². The Bertz CT molecular complexity index is 539. The topological polar surface area (TPSA) is 78.5 Å². The van der Waals surface area contributed by atoms with Gasteiger partial charge in [0.2, 0.25) is 11.8 Å². The van der Waals surface area contributed by atoms with Gasteiger partial charge in [0.25, 0.3) is 5.91 Å². The molecule has 20 heavy (non-hydrogen) atoms. The van der Waals surface area contributed by atoms with E-state index in [-0.39, 0.29) is 23.8 Å². The standard InChI is InChI=1S/C14H17N3O3/c1-9(18)15-11-5-3-10(4-6-11)14(20)16-12-7-13(19)17(2)8-12/h3-6,12H,7-8H2,1-2H3,(H,15,18)(H,16,20). The highest BCUT2D eigenvalue weighted by molar-refractivity contribution is 5.96. The number of likely N-dealkylation sites (tertiary alicyclic amines) is 1. The lowest BCUT2D eigenvalue weighted by molar-refractivity contribution is -0.126. The average molecular weight is 275 g/mol. The second kappa shape index (κ2) is 5.73. The van der Waals surface area contributed by atoms with Crippen LogP contribution in [0.5, 0.6) is 0 Å². The first-order valence-corrected chi connectivity index (χ1v) is 6.38. The third-order valence-electron chi connectivity index (χ3n) is 3.14. The number of rotatable bonds is 3. The van der Waals surface area contributed by atoms with E-state index in [2.05, 4.69) is 10.6 Å². The summed E-state index contributed by atoms with van der Waals surface area (Å²) in [5.41, 5.74) is 1.14. The molecule has 0 aliphatic carbocycles. The summed E-state index contributed by atoms with van der Waals surface area (Å²) < 4.78 is 0. The number of anilines is 1. The van der Waals surface area contributed by atoms with Gasteiger partial charge in [0.1, 0.15) is 0 Å². The van der Waals surface area contributed by atoms with Crippen LogP contribution < -0.4 is 10.6 Å². The van der Waals surface area contributed by atoms with Crippen LogP contribution in [0.4, 0.5) is 5.69 Å². The Kier molecular flexibility index (Phi) is 4.02. The van der Waals surface area contributed by atoms with Crippen molar-refractivity contribution in [2.45, 2.75) is 19.4 Å². The molecule has 1 aliphatic rings. The average Bonchev–Trinajstić information content (AvgIpc) is 2.68. The minimum Gasteiger partial charge on any atom is -0.347 e. The predicted octanol–water partition coefficient (Wildman–Crippen LogP) is 0.605. The number of nitrogens with zero attached hydrogens (tertiary/aromatic N) is 1. The number of hydrogen-bond acceptors (Lipinski definition) is 3. The van der Waals surface area contributed by atoms with Crippen LogP contribution in [0.25, 0.3) is 0 Å². The molecule has 1 saturated heterocycles. The summed E-state index contributed by atoms with van der Waals surface area (Å²) >= 11 is 0. The minimum atomic E-state index is -0.215. The Labute approximate surface area is 117 Å². The van der Waals surface area contributed by atoms with Crippen LogP contribution >= 0.6 is 0 Å². The lowest BCUT2D eigenvalue weighted by Gasteiger charge is -2.12. The Morgan fingerprint density at radius 2 is 1.90 bits per heavy atom. The lowest BCUT2D eigenvalue weighted by atomic mass is 10.1. The maximum Gasteiger partial charge on any atom is 0.251 e. The van der Waals surface area contributed by atoms with E-state index in [1.165, 1.54) is 6.92 Å². The first kappa shape index (κ1) is 14.0. The maximum atomic E-state index is 12.0. The third-order valence-corrected chi connectivity index (χ3v) is 3.14. The van der Waals surface area contributed by atoms with Crippen molar-refractivity contribution in [3.63, 3.8) is 0 Å². The highest BCUT2D eigenvalue weighted by Crippen LogP contribution is 2.12. The molecule has 1 unspecified atom stereocenters. The van der Waals surface area contributed by atoms with Crippen LogP contribution in [-0.4, -0.2) is 42.3 Å². The van der Waals surface area contributed by atoms with Gasteiger partial charge < -0.3 is 15.5 Å². The Morgan fingerprint density at radius 1 is 1.25 bits per heavy atom. The molecular weight excluding hydrogens is 258 g/mol. The quantitative estimate of drug-likeness (QED) is 0.848. The van der Waals surface area contributed by atoms with Gasteiger partial charge in [0, 0.05) is 38.2 Å². The summed E-state index contributed by atoms with van der Waals surface area (Å²) in [5, 5.41) is 5.46. The SMILES string of the molecule is CC(=O)Nc1ccc(C(=O)NC2CC(=O)N(C)C2)cc1. The van der Waals surface area contributed by atoms with Crippen molar-refractivity contribution in [1.29, 1.82) is 0 Å². The maximum absolute atomic E-state index is 12.0. The summed E-state index contributed by atoms with van der Waals surface area (Å²) in [7, 11) is 1.72. The van der Waals surface area contributed by atoms with Crippen molar-refractivity contribution in [2.24, 2.45) is 0 Å². The zero-order chi connectivity index (χ0) is 14.7. The van der Waals surface area contributed by atoms with Gasteiger partial charge >= 0.3 is 0 Å². The van der Waals surface area contributed by atoms with E-state index in [4.69, 9.17) is 0 Å². The predicted molar refractivity (Wildman–Crippen MR) is 74.3 cm³/mol. The molecule has 106 valence electrons. The summed E-state index contributed by atoms with van der Waals surface area (Å²) in [6, 6.07) is 6.47. The number of carbonyl (C=O) groups is 3. The van der Waals surface area contributed by atoms with Gasteiger partial charge in [0.15, 0.2) is 0 Å². The molecule has 0 spiro atoms. The smallest absolute Gasteiger partial charge is 0.251 e. The molecule has 1 heterocycles. The Balaban J connectivity index is 1.96. The van der Waals surface area contributed by atoms with E-state index >= 15 is 0 Å². The van der Waals surface area contributed by atoms with Crippen molar-refractivity contribution in [2.75, 3.05) is 18.9 Å². The Morgan fingerprint density at radius 3 is 2.40 bits per heavy atom. The van der Waals surface area contributed by atoms with E-state index in [0.717, 1.165) is 0 Å². The summed E-state index contributed by atoms with van der Waals surface area (Å²) in [6.07, 6.45) is 0.339. The molecule has 1 aliphatic heterocycles. The van der Waals surface area contributed by atoms with Crippen LogP contribution in [0.15, 0.2) is 24.3 Å². The zero-order valence-corrected chi connectivity index (χ0v) is 11.5. The zero-order valence-electron chi connectivity index (χ0n) is 11.5. The van der Waals surface area contributed by atoms with E-state index in [1.54, 1.807) is 36.2 Å². The number of amides is 3. The van der Waals surface area contributed by atoms with Crippen LogP contribution in [-0.2, 0) is 9.59 Å². The van der Waals surface area contributed by atoms with Crippen molar-refractivity contribution in [1.82, 2.24) is 10.2 Å². The first-order valence-electron chi connectivity index (χ1n) is 6.38. The molecule has 1 aromatic carbocycles. The molecule has 1 aromatic rings. The number of likely N-dealkylation sites (N-methyl/N-ethyl adjacent to an activating group) is 1. The summed E-state index contributed by atoms with van der Waals surface area (Å²) in [4.78, 5) is 35.9. The van der Waals surface area contributed by atoms with Gasteiger partial charge in [-0.3, -0.25) is 14.4 Å². The normalized spacial score (nSPS) is 18.0. The minimum absolute atomic E-state index is 0.0382. The second-order valence-corrected chi connectivity index (χ2v) is 4.91. The third kappa shape index (κ3) is 3.34. The molecule has 0 bridgehead atoms. The van der Waals surface area contributed by atoms with Gasteiger partial charge in [-0.2, -0.15) is 0 Å². The molecule has 0 radical (unpaired) electrons. The second-order valence-electron chi connectivity index (χ2n) is 4.91. The number of hydrogen-bond donors (Lipinski definition) is 2. The van der Waals surface area contributed by atoms with E-state index in [0.29, 0.717) is 24.2 Å². The van der Waals surface area contributed by atoms with Gasteiger partial charge in [-0.1, -0.05) is 0 Å². The van der Waals surface area contributed by atoms with E-state index < -0.39 is 0 Å². The molecular formula is C14H17N3O3. The van der Waals surface area contributed by atoms with Crippen LogP contribution in [0.3, 0.4) is 0 Å². The fraction of sp³-hybridized carbons (Fsp3) is 0.357. The van der Waals surface area contributed by atoms with E-state index in [1.807, 2.05) is 0 Å².